The molecule has 0 aliphatic rings. The first-order valence-corrected chi connectivity index (χ1v) is 13.1. The average molecular weight is 481 g/mol. The highest BCUT2D eigenvalue weighted by Gasteiger charge is 2.25. The van der Waals surface area contributed by atoms with E-state index in [1.54, 1.807) is 0 Å². The molecule has 0 aliphatic heterocycles. The van der Waals surface area contributed by atoms with E-state index in [-0.39, 0.29) is 0 Å². The molecule has 0 aromatic heterocycles. The van der Waals surface area contributed by atoms with Gasteiger partial charge in [0, 0.05) is 4.47 Å². The first-order valence-electron chi connectivity index (χ1n) is 10.3. The van der Waals surface area contributed by atoms with Gasteiger partial charge in [0.05, 0.1) is 0 Å². The van der Waals surface area contributed by atoms with Crippen molar-refractivity contribution in [3.8, 4) is 11.1 Å². The maximum Gasteiger partial charge on any atom is 0.0254 e. The molecule has 0 saturated heterocycles. The van der Waals surface area contributed by atoms with E-state index in [0.29, 0.717) is 0 Å². The zero-order chi connectivity index (χ0) is 21.3. The Kier molecular flexibility index (Phi) is 5.40. The fraction of sp³-hybridized carbons (Fsp3) is 0. The maximum atomic E-state index is 4.97. The minimum Gasteiger partial charge on any atom is -0.0887 e. The van der Waals surface area contributed by atoms with Gasteiger partial charge in [-0.1, -0.05) is 137 Å². The molecule has 150 valence electrons. The Morgan fingerprint density at radius 2 is 1.00 bits per heavy atom. The highest BCUT2D eigenvalue weighted by Crippen LogP contribution is 2.45. The lowest BCUT2D eigenvalue weighted by Gasteiger charge is -2.29. The number of halogens is 1. The Morgan fingerprint density at radius 3 is 1.65 bits per heavy atom. The molecule has 0 bridgehead atoms. The lowest BCUT2D eigenvalue weighted by Crippen LogP contribution is -2.26. The number of benzene rings is 5. The third-order valence-electron chi connectivity index (χ3n) is 5.87. The topological polar surface area (TPSA) is 0 Å². The van der Waals surface area contributed by atoms with Crippen molar-refractivity contribution < 1.29 is 0 Å². The molecule has 0 heterocycles. The third-order valence-corrected chi connectivity index (χ3v) is 10.1. The van der Waals surface area contributed by atoms with Gasteiger partial charge in [0.15, 0.2) is 0 Å². The molecule has 0 aliphatic carbocycles. The van der Waals surface area contributed by atoms with Crippen LogP contribution in [0.25, 0.3) is 21.9 Å². The molecular formula is C29H22BrP. The summed E-state index contributed by atoms with van der Waals surface area (Å²) < 4.78 is 1.12. The van der Waals surface area contributed by atoms with Crippen molar-refractivity contribution >= 4 is 55.8 Å². The quantitative estimate of drug-likeness (QED) is 0.243. The van der Waals surface area contributed by atoms with Crippen LogP contribution in [0.5, 0.6) is 0 Å². The molecule has 0 unspecified atom stereocenters. The number of hydrogen-bond donors (Lipinski definition) is 0. The molecule has 5 rings (SSSR count). The molecule has 0 fully saturated rings. The van der Waals surface area contributed by atoms with Crippen LogP contribution in [0.1, 0.15) is 0 Å². The van der Waals surface area contributed by atoms with Crippen molar-refractivity contribution in [2.45, 2.75) is 0 Å². The SMILES string of the molecule is C=P(c1ccccc1)(c1ccccc1)c1ccccc1-c1ccc(Br)c2ccccc12. The average Bonchev–Trinajstić information content (AvgIpc) is 2.85. The second-order valence-electron chi connectivity index (χ2n) is 7.64. The standard InChI is InChI=1S/C29H22BrP/c1-31(22-12-4-2-5-13-22,23-14-6-3-7-15-23)29-19-11-10-18-27(29)25-20-21-28(30)26-17-9-8-16-24(25)26/h2-21H,1H2. The summed E-state index contributed by atoms with van der Waals surface area (Å²) in [4.78, 5) is 0. The summed E-state index contributed by atoms with van der Waals surface area (Å²) in [6.45, 7) is -2.08. The van der Waals surface area contributed by atoms with Crippen LogP contribution in [-0.2, 0) is 0 Å². The predicted molar refractivity (Wildman–Crippen MR) is 143 cm³/mol. The Morgan fingerprint density at radius 1 is 0.484 bits per heavy atom. The van der Waals surface area contributed by atoms with Crippen molar-refractivity contribution in [2.75, 3.05) is 0 Å². The van der Waals surface area contributed by atoms with Crippen LogP contribution >= 0.6 is 22.8 Å². The van der Waals surface area contributed by atoms with Crippen LogP contribution < -0.4 is 15.9 Å². The molecule has 2 heteroatoms. The summed E-state index contributed by atoms with van der Waals surface area (Å²) in [6, 6.07) is 43.3. The highest BCUT2D eigenvalue weighted by molar-refractivity contribution is 9.10. The van der Waals surface area contributed by atoms with Gasteiger partial charge in [0.2, 0.25) is 0 Å². The molecule has 0 amide bonds. The molecule has 5 aromatic rings. The van der Waals surface area contributed by atoms with Crippen LogP contribution in [-0.4, -0.2) is 6.30 Å². The van der Waals surface area contributed by atoms with Crippen molar-refractivity contribution in [3.63, 3.8) is 0 Å². The molecule has 0 spiro atoms. The van der Waals surface area contributed by atoms with E-state index in [2.05, 4.69) is 137 Å². The van der Waals surface area contributed by atoms with E-state index in [0.717, 1.165) is 4.47 Å². The summed E-state index contributed by atoms with van der Waals surface area (Å²) >= 11 is 3.73. The van der Waals surface area contributed by atoms with Crippen molar-refractivity contribution in [1.29, 1.82) is 0 Å². The Bertz CT molecular complexity index is 1360. The lowest BCUT2D eigenvalue weighted by atomic mass is 9.98. The van der Waals surface area contributed by atoms with Crippen LogP contribution in [0.15, 0.2) is 126 Å². The zero-order valence-corrected chi connectivity index (χ0v) is 19.6. The van der Waals surface area contributed by atoms with Crippen LogP contribution in [0.4, 0.5) is 0 Å². The molecular weight excluding hydrogens is 459 g/mol. The second kappa shape index (κ2) is 8.35. The molecule has 0 nitrogen and oxygen atoms in total. The molecule has 5 aromatic carbocycles. The van der Waals surface area contributed by atoms with Gasteiger partial charge in [-0.25, -0.2) is 0 Å². The van der Waals surface area contributed by atoms with Gasteiger partial charge in [-0.3, -0.25) is 0 Å². The van der Waals surface area contributed by atoms with E-state index in [9.17, 15) is 0 Å². The smallest absolute Gasteiger partial charge is 0.0254 e. The van der Waals surface area contributed by atoms with E-state index >= 15 is 0 Å². The number of fused-ring (bicyclic) bond motifs is 1. The van der Waals surface area contributed by atoms with Crippen LogP contribution in [0.2, 0.25) is 0 Å². The predicted octanol–water partition coefficient (Wildman–Crippen LogP) is 7.00. The summed E-state index contributed by atoms with van der Waals surface area (Å²) in [7, 11) is 0. The molecule has 31 heavy (non-hydrogen) atoms. The monoisotopic (exact) mass is 480 g/mol. The maximum absolute atomic E-state index is 4.97. The summed E-state index contributed by atoms with van der Waals surface area (Å²) in [6.07, 6.45) is 4.97. The third kappa shape index (κ3) is 3.49. The first kappa shape index (κ1) is 20.1. The number of hydrogen-bond acceptors (Lipinski definition) is 0. The Labute approximate surface area is 192 Å². The Balaban J connectivity index is 1.85. The lowest BCUT2D eigenvalue weighted by molar-refractivity contribution is 1.66. The number of rotatable bonds is 4. The summed E-state index contributed by atoms with van der Waals surface area (Å²) in [5.74, 6) is 0. The molecule has 0 N–H and O–H groups in total. The highest BCUT2D eigenvalue weighted by atomic mass is 79.9. The van der Waals surface area contributed by atoms with E-state index in [1.165, 1.54) is 37.8 Å². The van der Waals surface area contributed by atoms with Gasteiger partial charge in [-0.05, 0) is 50.8 Å². The normalized spacial score (nSPS) is 11.5. The first-order chi connectivity index (χ1) is 15.2. The van der Waals surface area contributed by atoms with E-state index < -0.39 is 6.89 Å². The van der Waals surface area contributed by atoms with Gasteiger partial charge in [0.1, 0.15) is 0 Å². The van der Waals surface area contributed by atoms with Crippen LogP contribution in [0.3, 0.4) is 0 Å². The molecule has 0 atom stereocenters. The van der Waals surface area contributed by atoms with E-state index in [1.807, 2.05) is 0 Å². The largest absolute Gasteiger partial charge is 0.0887 e. The molecule has 0 saturated carbocycles. The van der Waals surface area contributed by atoms with Crippen LogP contribution in [0, 0.1) is 0 Å². The fourth-order valence-corrected chi connectivity index (χ4v) is 7.96. The van der Waals surface area contributed by atoms with E-state index in [4.69, 9.17) is 6.30 Å². The van der Waals surface area contributed by atoms with Crippen molar-refractivity contribution in [3.05, 3.63) is 126 Å². The van der Waals surface area contributed by atoms with Crippen molar-refractivity contribution in [2.24, 2.45) is 0 Å². The fourth-order valence-electron chi connectivity index (χ4n) is 4.32. The summed E-state index contributed by atoms with van der Waals surface area (Å²) in [5.41, 5.74) is 2.50. The van der Waals surface area contributed by atoms with Gasteiger partial charge in [-0.2, -0.15) is 0 Å². The molecule has 0 radical (unpaired) electrons. The van der Waals surface area contributed by atoms with Crippen molar-refractivity contribution in [1.82, 2.24) is 0 Å². The Hall–Kier alpha value is -2.86. The minimum atomic E-state index is -2.08. The minimum absolute atomic E-state index is 1.12. The van der Waals surface area contributed by atoms with Gasteiger partial charge in [0.25, 0.3) is 0 Å². The second-order valence-corrected chi connectivity index (χ2v) is 11.6. The van der Waals surface area contributed by atoms with Gasteiger partial charge in [-0.15, -0.1) is 0 Å². The van der Waals surface area contributed by atoms with Gasteiger partial charge < -0.3 is 0 Å². The summed E-state index contributed by atoms with van der Waals surface area (Å²) in [5, 5.41) is 6.35. The zero-order valence-electron chi connectivity index (χ0n) is 17.1. The van der Waals surface area contributed by atoms with Gasteiger partial charge >= 0.3 is 0 Å².